The third kappa shape index (κ3) is 4.56. The fraction of sp³-hybridized carbons (Fsp3) is 0.318. The van der Waals surface area contributed by atoms with Crippen molar-refractivity contribution in [3.63, 3.8) is 0 Å². The molecule has 0 aliphatic heterocycles. The molecule has 3 aromatic rings. The lowest BCUT2D eigenvalue weighted by molar-refractivity contribution is -0.116. The normalized spacial score (nSPS) is 10.7. The molecule has 0 saturated carbocycles. The maximum Gasteiger partial charge on any atom is 0.357 e. The fourth-order valence-corrected chi connectivity index (χ4v) is 4.50. The van der Waals surface area contributed by atoms with Gasteiger partial charge in [-0.2, -0.15) is 0 Å². The van der Waals surface area contributed by atoms with Gasteiger partial charge in [-0.15, -0.1) is 11.3 Å². The number of hydrogen-bond donors (Lipinski definition) is 2. The van der Waals surface area contributed by atoms with Gasteiger partial charge in [-0.25, -0.2) is 4.79 Å². The molecule has 3 rings (SSSR count). The second kappa shape index (κ2) is 9.22. The van der Waals surface area contributed by atoms with Crippen LogP contribution in [-0.2, 0) is 20.9 Å². The Hall–Kier alpha value is -3.33. The van der Waals surface area contributed by atoms with E-state index in [1.54, 1.807) is 42.9 Å². The molecule has 2 amide bonds. The summed E-state index contributed by atoms with van der Waals surface area (Å²) in [4.78, 5) is 39.3. The Bertz CT molecular complexity index is 1140. The molecule has 0 radical (unpaired) electrons. The zero-order valence-electron chi connectivity index (χ0n) is 18.1. The molecule has 0 aliphatic carbocycles. The van der Waals surface area contributed by atoms with Crippen molar-refractivity contribution < 1.29 is 23.9 Å². The Kier molecular flexibility index (Phi) is 6.65. The highest BCUT2D eigenvalue weighted by atomic mass is 32.1. The van der Waals surface area contributed by atoms with Gasteiger partial charge in [0.05, 0.1) is 19.4 Å². The number of nitrogens with one attached hydrogen (secondary N) is 2. The predicted octanol–water partition coefficient (Wildman–Crippen LogP) is 4.10. The summed E-state index contributed by atoms with van der Waals surface area (Å²) < 4.78 is 12.0. The second-order valence-corrected chi connectivity index (χ2v) is 8.15. The standard InChI is InChI=1S/C22H25N3O5S/c1-6-30-22(28)20-19(23-14(4)26)18-12(2)13(3)31-21(18)25(20)11-17(27)24-15-7-9-16(29-5)10-8-15/h7-10H,6,11H2,1-5H3,(H,23,26)(H,24,27). The third-order valence-electron chi connectivity index (χ3n) is 4.81. The molecule has 0 saturated heterocycles. The van der Waals surface area contributed by atoms with Gasteiger partial charge in [-0.05, 0) is 50.6 Å². The highest BCUT2D eigenvalue weighted by Gasteiger charge is 2.29. The van der Waals surface area contributed by atoms with Gasteiger partial charge in [-0.1, -0.05) is 0 Å². The topological polar surface area (TPSA) is 98.7 Å². The van der Waals surface area contributed by atoms with E-state index in [0.29, 0.717) is 17.1 Å². The number of carbonyl (C=O) groups excluding carboxylic acids is 3. The van der Waals surface area contributed by atoms with Crippen molar-refractivity contribution in [3.8, 4) is 5.75 Å². The van der Waals surface area contributed by atoms with Gasteiger partial charge in [0.2, 0.25) is 11.8 Å². The Labute approximate surface area is 184 Å². The summed E-state index contributed by atoms with van der Waals surface area (Å²) in [6.45, 7) is 7.03. The van der Waals surface area contributed by atoms with Crippen LogP contribution in [0.2, 0.25) is 0 Å². The number of aromatic nitrogens is 1. The first-order valence-electron chi connectivity index (χ1n) is 9.77. The van der Waals surface area contributed by atoms with Crippen molar-refractivity contribution in [3.05, 3.63) is 40.4 Å². The summed E-state index contributed by atoms with van der Waals surface area (Å²) in [6, 6.07) is 6.95. The van der Waals surface area contributed by atoms with Gasteiger partial charge in [0, 0.05) is 22.9 Å². The molecule has 0 fully saturated rings. The van der Waals surface area contributed by atoms with Crippen LogP contribution >= 0.6 is 11.3 Å². The van der Waals surface area contributed by atoms with Crippen LogP contribution in [0.15, 0.2) is 24.3 Å². The molecule has 0 atom stereocenters. The molecule has 164 valence electrons. The van der Waals surface area contributed by atoms with E-state index in [4.69, 9.17) is 9.47 Å². The maximum atomic E-state index is 12.8. The third-order valence-corrected chi connectivity index (χ3v) is 6.04. The number of nitrogens with zero attached hydrogens (tertiary/aromatic N) is 1. The van der Waals surface area contributed by atoms with Crippen molar-refractivity contribution in [1.29, 1.82) is 0 Å². The first-order chi connectivity index (χ1) is 14.8. The van der Waals surface area contributed by atoms with Crippen molar-refractivity contribution in [1.82, 2.24) is 4.57 Å². The fourth-order valence-electron chi connectivity index (χ4n) is 3.33. The van der Waals surface area contributed by atoms with Crippen LogP contribution in [0.5, 0.6) is 5.75 Å². The molecule has 2 aromatic heterocycles. The lowest BCUT2D eigenvalue weighted by Crippen LogP contribution is -2.23. The number of methoxy groups -OCH3 is 1. The minimum Gasteiger partial charge on any atom is -0.497 e. The highest BCUT2D eigenvalue weighted by molar-refractivity contribution is 7.19. The van der Waals surface area contributed by atoms with Crippen molar-refractivity contribution >= 4 is 50.7 Å². The van der Waals surface area contributed by atoms with Crippen molar-refractivity contribution in [2.75, 3.05) is 24.4 Å². The van der Waals surface area contributed by atoms with Crippen molar-refractivity contribution in [2.24, 2.45) is 0 Å². The van der Waals surface area contributed by atoms with Gasteiger partial charge < -0.3 is 24.7 Å². The summed E-state index contributed by atoms with van der Waals surface area (Å²) in [5.74, 6) is -0.538. The van der Waals surface area contributed by atoms with Crippen LogP contribution in [0.3, 0.4) is 0 Å². The molecule has 0 spiro atoms. The molecular formula is C22H25N3O5S. The summed E-state index contributed by atoms with van der Waals surface area (Å²) in [5, 5.41) is 6.34. The summed E-state index contributed by atoms with van der Waals surface area (Å²) >= 11 is 1.46. The lowest BCUT2D eigenvalue weighted by atomic mass is 10.2. The van der Waals surface area contributed by atoms with Gasteiger partial charge in [-0.3, -0.25) is 9.59 Å². The van der Waals surface area contributed by atoms with Gasteiger partial charge in [0.1, 0.15) is 17.1 Å². The number of hydrogen-bond acceptors (Lipinski definition) is 6. The molecule has 9 heteroatoms. The zero-order chi connectivity index (χ0) is 22.7. The lowest BCUT2D eigenvalue weighted by Gasteiger charge is -2.12. The SMILES string of the molecule is CCOC(=O)c1c(NC(C)=O)c2c(C)c(C)sc2n1CC(=O)Nc1ccc(OC)cc1. The number of rotatable bonds is 7. The largest absolute Gasteiger partial charge is 0.497 e. The molecule has 31 heavy (non-hydrogen) atoms. The summed E-state index contributed by atoms with van der Waals surface area (Å²) in [5.41, 5.74) is 2.09. The smallest absolute Gasteiger partial charge is 0.357 e. The van der Waals surface area contributed by atoms with Crippen LogP contribution in [0.1, 0.15) is 34.8 Å². The molecule has 2 N–H and O–H groups in total. The number of esters is 1. The number of anilines is 2. The molecule has 2 heterocycles. The number of amides is 2. The number of aryl methyl sites for hydroxylation is 2. The molecule has 8 nitrogen and oxygen atoms in total. The Morgan fingerprint density at radius 3 is 2.35 bits per heavy atom. The second-order valence-electron chi connectivity index (χ2n) is 6.95. The van der Waals surface area contributed by atoms with E-state index < -0.39 is 5.97 Å². The first-order valence-corrected chi connectivity index (χ1v) is 10.6. The zero-order valence-corrected chi connectivity index (χ0v) is 18.9. The van der Waals surface area contributed by atoms with Gasteiger partial charge in [0.25, 0.3) is 0 Å². The van der Waals surface area contributed by atoms with E-state index in [9.17, 15) is 14.4 Å². The van der Waals surface area contributed by atoms with Crippen LogP contribution in [0.25, 0.3) is 10.2 Å². The quantitative estimate of drug-likeness (QED) is 0.536. The van der Waals surface area contributed by atoms with Crippen LogP contribution in [0.4, 0.5) is 11.4 Å². The predicted molar refractivity (Wildman–Crippen MR) is 121 cm³/mol. The molecule has 0 unspecified atom stereocenters. The molecular weight excluding hydrogens is 418 g/mol. The van der Waals surface area contributed by atoms with Crippen LogP contribution in [-0.4, -0.2) is 36.1 Å². The van der Waals surface area contributed by atoms with E-state index in [2.05, 4.69) is 10.6 Å². The van der Waals surface area contributed by atoms with E-state index >= 15 is 0 Å². The van der Waals surface area contributed by atoms with E-state index in [0.717, 1.165) is 20.7 Å². The average molecular weight is 444 g/mol. The summed E-state index contributed by atoms with van der Waals surface area (Å²) in [6.07, 6.45) is 0. The average Bonchev–Trinajstić information content (AvgIpc) is 3.16. The van der Waals surface area contributed by atoms with E-state index in [-0.39, 0.29) is 30.7 Å². The number of fused-ring (bicyclic) bond motifs is 1. The highest BCUT2D eigenvalue weighted by Crippen LogP contribution is 2.40. The van der Waals surface area contributed by atoms with E-state index in [1.807, 2.05) is 13.8 Å². The molecule has 0 bridgehead atoms. The Morgan fingerprint density at radius 1 is 1.10 bits per heavy atom. The van der Waals surface area contributed by atoms with Crippen LogP contribution in [0, 0.1) is 13.8 Å². The van der Waals surface area contributed by atoms with E-state index in [1.165, 1.54) is 18.3 Å². The summed E-state index contributed by atoms with van der Waals surface area (Å²) in [7, 11) is 1.57. The number of carbonyl (C=O) groups is 3. The Morgan fingerprint density at radius 2 is 1.77 bits per heavy atom. The number of ether oxygens (including phenoxy) is 2. The number of benzene rings is 1. The van der Waals surface area contributed by atoms with Crippen molar-refractivity contribution in [2.45, 2.75) is 34.2 Å². The monoisotopic (exact) mass is 443 g/mol. The minimum absolute atomic E-state index is 0.115. The first kappa shape index (κ1) is 22.4. The molecule has 1 aromatic carbocycles. The minimum atomic E-state index is -0.594. The maximum absolute atomic E-state index is 12.8. The number of thiophene rings is 1. The molecule has 0 aliphatic rings. The van der Waals surface area contributed by atoms with Gasteiger partial charge >= 0.3 is 5.97 Å². The Balaban J connectivity index is 2.05. The van der Waals surface area contributed by atoms with Gasteiger partial charge in [0.15, 0.2) is 5.69 Å². The van der Waals surface area contributed by atoms with Crippen LogP contribution < -0.4 is 15.4 Å².